The number of anilines is 6. The van der Waals surface area contributed by atoms with E-state index in [1.807, 2.05) is 0 Å². The Morgan fingerprint density at radius 2 is 0.681 bits per heavy atom. The van der Waals surface area contributed by atoms with Gasteiger partial charge in [0.25, 0.3) is 0 Å². The average molecular weight is 1180 g/mol. The van der Waals surface area contributed by atoms with Crippen LogP contribution in [0.1, 0.15) is 86.1 Å². The number of hydrogen-bond donors (Lipinski definition) is 0. The van der Waals surface area contributed by atoms with Gasteiger partial charge in [-0.15, -0.1) is 0 Å². The monoisotopic (exact) mass is 1170 g/mol. The second-order valence-corrected chi connectivity index (χ2v) is 26.8. The predicted molar refractivity (Wildman–Crippen MR) is 383 cm³/mol. The smallest absolute Gasteiger partial charge is 0.159 e. The second kappa shape index (κ2) is 21.2. The molecule has 0 radical (unpaired) electrons. The van der Waals surface area contributed by atoms with Crippen LogP contribution in [0.25, 0.3) is 88.0 Å². The molecule has 1 aliphatic rings. The largest absolute Gasteiger partial charge is 0.453 e. The van der Waals surface area contributed by atoms with Crippen molar-refractivity contribution in [2.75, 3.05) is 9.80 Å². The minimum absolute atomic E-state index is 0.0465. The Morgan fingerprint density at radius 3 is 1.18 bits per heavy atom. The van der Waals surface area contributed by atoms with E-state index in [2.05, 4.69) is 344 Å². The normalized spacial score (nSPS) is 12.9. The quantitative estimate of drug-likeness (QED) is 0.137. The summed E-state index contributed by atoms with van der Waals surface area (Å²) in [6, 6.07) is 103. The third-order valence-electron chi connectivity index (χ3n) is 19.4. The highest BCUT2D eigenvalue weighted by Gasteiger charge is 2.48. The Morgan fingerprint density at radius 1 is 0.286 bits per heavy atom. The SMILES string of the molecule is Cc1ccccc1-c1cccc2c1oc1c(N(c3ccc(C(C)(C)C)cc3)c3ccc4c(c3)C(c3ccccc3)(c3ccccc3)c3cc(N(c5ccc(C(C)(C)C)cc5)c5cccc6c5oc5c(-c7ccccc7C)cccc56)c5ccccc5c3-4)cccc12. The zero-order valence-electron chi connectivity index (χ0n) is 52.8. The highest BCUT2D eigenvalue weighted by Crippen LogP contribution is 2.61. The van der Waals surface area contributed by atoms with Gasteiger partial charge in [-0.2, -0.15) is 0 Å². The van der Waals surface area contributed by atoms with Crippen LogP contribution in [-0.4, -0.2) is 0 Å². The number of hydrogen-bond acceptors (Lipinski definition) is 4. The van der Waals surface area contributed by atoms with Crippen molar-refractivity contribution in [2.45, 2.75) is 71.6 Å². The molecule has 0 saturated carbocycles. The van der Waals surface area contributed by atoms with Gasteiger partial charge in [0.2, 0.25) is 0 Å². The van der Waals surface area contributed by atoms with Crippen LogP contribution < -0.4 is 9.80 Å². The van der Waals surface area contributed by atoms with Crippen LogP contribution in [0.5, 0.6) is 0 Å². The Balaban J connectivity index is 0.981. The van der Waals surface area contributed by atoms with E-state index < -0.39 is 5.41 Å². The van der Waals surface area contributed by atoms with Crippen LogP contribution in [-0.2, 0) is 16.2 Å². The fraction of sp³-hybridized carbons (Fsp3) is 0.126. The van der Waals surface area contributed by atoms with E-state index in [0.29, 0.717) is 0 Å². The van der Waals surface area contributed by atoms with Gasteiger partial charge in [0.1, 0.15) is 11.2 Å². The summed E-state index contributed by atoms with van der Waals surface area (Å²) in [5.74, 6) is 0. The van der Waals surface area contributed by atoms with Crippen molar-refractivity contribution < 1.29 is 8.83 Å². The lowest BCUT2D eigenvalue weighted by Gasteiger charge is -2.36. The van der Waals surface area contributed by atoms with E-state index in [1.165, 1.54) is 61.0 Å². The number of rotatable bonds is 10. The predicted octanol–water partition coefficient (Wildman–Crippen LogP) is 24.5. The van der Waals surface area contributed by atoms with Gasteiger partial charge in [0.15, 0.2) is 11.2 Å². The molecule has 0 amide bonds. The van der Waals surface area contributed by atoms with Crippen molar-refractivity contribution >= 4 is 88.8 Å². The highest BCUT2D eigenvalue weighted by molar-refractivity contribution is 6.17. The van der Waals surface area contributed by atoms with E-state index in [1.54, 1.807) is 0 Å². The topological polar surface area (TPSA) is 32.8 Å². The minimum Gasteiger partial charge on any atom is -0.453 e. The number of benzene rings is 13. The van der Waals surface area contributed by atoms with Crippen molar-refractivity contribution in [2.24, 2.45) is 0 Å². The first kappa shape index (κ1) is 55.6. The summed E-state index contributed by atoms with van der Waals surface area (Å²) in [6.07, 6.45) is 0. The molecule has 16 rings (SSSR count). The molecule has 1 aliphatic carbocycles. The van der Waals surface area contributed by atoms with Gasteiger partial charge in [0.05, 0.1) is 22.5 Å². The average Bonchev–Trinajstić information content (AvgIpc) is 1.54. The zero-order valence-corrected chi connectivity index (χ0v) is 52.8. The van der Waals surface area contributed by atoms with Crippen LogP contribution in [0.15, 0.2) is 288 Å². The third-order valence-corrected chi connectivity index (χ3v) is 19.4. The maximum Gasteiger partial charge on any atom is 0.159 e. The molecule has 0 fully saturated rings. The molecule has 0 N–H and O–H groups in total. The number of aryl methyl sites for hydroxylation is 2. The molecule has 13 aromatic carbocycles. The van der Waals surface area contributed by atoms with E-state index in [-0.39, 0.29) is 10.8 Å². The van der Waals surface area contributed by atoms with Crippen molar-refractivity contribution in [3.8, 4) is 33.4 Å². The first-order valence-electron chi connectivity index (χ1n) is 31.9. The second-order valence-electron chi connectivity index (χ2n) is 26.8. The lowest BCUT2D eigenvalue weighted by molar-refractivity contribution is 0.590. The van der Waals surface area contributed by atoms with Gasteiger partial charge >= 0.3 is 0 Å². The lowest BCUT2D eigenvalue weighted by Crippen LogP contribution is -2.29. The minimum atomic E-state index is -0.826. The van der Waals surface area contributed by atoms with Crippen LogP contribution in [0.2, 0.25) is 0 Å². The van der Waals surface area contributed by atoms with Crippen molar-refractivity contribution in [1.29, 1.82) is 0 Å². The van der Waals surface area contributed by atoms with E-state index in [0.717, 1.165) is 106 Å². The van der Waals surface area contributed by atoms with Crippen molar-refractivity contribution in [1.82, 2.24) is 0 Å². The summed E-state index contributed by atoms with van der Waals surface area (Å²) in [6.45, 7) is 18.1. The number of furan rings is 2. The fourth-order valence-electron chi connectivity index (χ4n) is 14.8. The van der Waals surface area contributed by atoms with E-state index >= 15 is 0 Å². The van der Waals surface area contributed by atoms with Gasteiger partial charge in [0, 0.05) is 55.1 Å². The summed E-state index contributed by atoms with van der Waals surface area (Å²) in [4.78, 5) is 4.91. The Kier molecular flexibility index (Phi) is 13.0. The van der Waals surface area contributed by atoms with Gasteiger partial charge in [-0.25, -0.2) is 0 Å². The van der Waals surface area contributed by atoms with Gasteiger partial charge in [-0.1, -0.05) is 266 Å². The van der Waals surface area contributed by atoms with Gasteiger partial charge in [-0.05, 0) is 151 Å². The Bertz CT molecular complexity index is 5290. The van der Waals surface area contributed by atoms with E-state index in [4.69, 9.17) is 8.83 Å². The highest BCUT2D eigenvalue weighted by atomic mass is 16.3. The molecule has 0 saturated heterocycles. The number of nitrogens with zero attached hydrogens (tertiary/aromatic N) is 2. The molecule has 0 unspecified atom stereocenters. The van der Waals surface area contributed by atoms with Gasteiger partial charge in [-0.3, -0.25) is 0 Å². The number of para-hydroxylation sites is 4. The fourth-order valence-corrected chi connectivity index (χ4v) is 14.8. The van der Waals surface area contributed by atoms with Crippen LogP contribution in [0.4, 0.5) is 34.1 Å². The van der Waals surface area contributed by atoms with Crippen LogP contribution in [0.3, 0.4) is 0 Å². The Hall–Kier alpha value is -10.7. The molecule has 0 atom stereocenters. The molecular formula is C87H70N2O2. The van der Waals surface area contributed by atoms with Crippen LogP contribution in [0, 0.1) is 13.8 Å². The summed E-state index contributed by atoms with van der Waals surface area (Å²) in [7, 11) is 0. The first-order chi connectivity index (χ1) is 44.3. The molecule has 2 aromatic heterocycles. The maximum absolute atomic E-state index is 7.41. The molecule has 0 aliphatic heterocycles. The molecule has 15 aromatic rings. The third kappa shape index (κ3) is 8.86. The molecule has 4 nitrogen and oxygen atoms in total. The summed E-state index contributed by atoms with van der Waals surface area (Å²) in [5, 5.41) is 6.60. The molecule has 91 heavy (non-hydrogen) atoms. The zero-order chi connectivity index (χ0) is 61.9. The number of fused-ring (bicyclic) bond motifs is 11. The Labute approximate surface area is 532 Å². The molecule has 4 heteroatoms. The molecule has 440 valence electrons. The van der Waals surface area contributed by atoms with E-state index in [9.17, 15) is 0 Å². The lowest BCUT2D eigenvalue weighted by atomic mass is 9.67. The first-order valence-corrected chi connectivity index (χ1v) is 31.9. The van der Waals surface area contributed by atoms with Crippen molar-refractivity contribution in [3.05, 3.63) is 324 Å². The maximum atomic E-state index is 7.41. The summed E-state index contributed by atoms with van der Waals surface area (Å²) >= 11 is 0. The summed E-state index contributed by atoms with van der Waals surface area (Å²) < 4.78 is 14.8. The molecular weight excluding hydrogens is 1100 g/mol. The summed E-state index contributed by atoms with van der Waals surface area (Å²) in [5.41, 5.74) is 25.1. The molecule has 0 bridgehead atoms. The van der Waals surface area contributed by atoms with Crippen molar-refractivity contribution in [3.63, 3.8) is 0 Å². The molecule has 2 heterocycles. The van der Waals surface area contributed by atoms with Crippen LogP contribution >= 0.6 is 0 Å². The molecule has 0 spiro atoms. The van der Waals surface area contributed by atoms with Gasteiger partial charge < -0.3 is 18.6 Å². The standard InChI is InChI=1S/C87H70N2O2/c1-55-25-15-17-31-64(55)68-35-21-37-70-72-39-23-41-77(83(72)90-81(68)70)88(61-47-43-57(44-48-61)85(3,4)5)63-51-52-74-75(53-63)87(59-27-11-9-12-28-59,60-29-13-10-14-30-60)76-54-79(66-33-19-20-34-67(66)80(74)76)89(62-49-45-58(46-50-62)86(6,7)8)78-42-24-40-73-71-38-22-36-69(82(71)91-84(73)78)65-32-18-16-26-56(65)2/h9-54H,1-8H3.